The van der Waals surface area contributed by atoms with Gasteiger partial charge in [-0.1, -0.05) is 61.0 Å². The summed E-state index contributed by atoms with van der Waals surface area (Å²) in [4.78, 5) is 6.94. The summed E-state index contributed by atoms with van der Waals surface area (Å²) >= 11 is 0. The van der Waals surface area contributed by atoms with Crippen molar-refractivity contribution in [1.29, 1.82) is 0 Å². The van der Waals surface area contributed by atoms with Gasteiger partial charge in [-0.3, -0.25) is 0 Å². The third-order valence-electron chi connectivity index (χ3n) is 11.1. The number of nitrogens with zero attached hydrogens (tertiary/aromatic N) is 2. The Kier molecular flexibility index (Phi) is 5.87. The second-order valence-electron chi connectivity index (χ2n) is 12.2. The average molecular weight is 534 g/mol. The first-order valence-corrected chi connectivity index (χ1v) is 16.4. The molecule has 2 bridgehead atoms. The fourth-order valence-corrected chi connectivity index (χ4v) is 9.73. The number of nitrogens with one attached hydrogen (secondary N) is 1. The molecule has 3 nitrogen and oxygen atoms in total. The smallest absolute Gasteiger partial charge is 0.155 e. The van der Waals surface area contributed by atoms with Crippen LogP contribution in [0.25, 0.3) is 24.3 Å². The van der Waals surface area contributed by atoms with Crippen LogP contribution in [0.15, 0.2) is 33.6 Å². The highest BCUT2D eigenvalue weighted by atomic mass is 15.4. The van der Waals surface area contributed by atoms with Crippen molar-refractivity contribution in [3.05, 3.63) is 77.9 Å². The quantitative estimate of drug-likeness (QED) is 0.378. The molecule has 210 valence electrons. The van der Waals surface area contributed by atoms with Crippen LogP contribution in [0, 0.1) is 5.92 Å². The van der Waals surface area contributed by atoms with Gasteiger partial charge in [-0.25, -0.2) is 0 Å². The summed E-state index contributed by atoms with van der Waals surface area (Å²) in [7, 11) is 0. The summed E-state index contributed by atoms with van der Waals surface area (Å²) in [5, 5.41) is 2.73. The molecule has 5 aliphatic rings. The fraction of sp³-hybridized carbons (Fsp3) is 0.514. The van der Waals surface area contributed by atoms with Crippen LogP contribution in [-0.2, 0) is 31.3 Å². The molecular weight excluding hydrogens is 486 g/mol. The molecule has 0 radical (unpaired) electrons. The van der Waals surface area contributed by atoms with Crippen molar-refractivity contribution in [2.45, 2.75) is 118 Å². The molecule has 1 aliphatic carbocycles. The molecule has 1 N–H and O–H groups in total. The number of hydrogen-bond donors (Lipinski definition) is 1. The Morgan fingerprint density at radius 1 is 0.625 bits per heavy atom. The van der Waals surface area contributed by atoms with Crippen LogP contribution in [0.5, 0.6) is 0 Å². The SMILES string of the molecule is CCC1=C(CC)C2/C=c3\[nH]/c(c(CC)c3CC)=C\C3C(CC)=C(CC)C4=Cc5c(CC)c(CC)c6n5C43N2C1=C6. The van der Waals surface area contributed by atoms with Gasteiger partial charge in [0.2, 0.25) is 0 Å². The standard InChI is InChI=1S/C37H47N3/c1-9-21-22(10-2)30-18-33-25(13-5)27(15-7)35-20-36-28(16-8)26(14-6)34-19-32-24(12-4)23(11-3)31(38-32)17-29(21)37(30,39(33)35)40(34)36/h17-20,29,34,38H,9-16H2,1-8H3/b31-17-,32-19-. The summed E-state index contributed by atoms with van der Waals surface area (Å²) in [6.07, 6.45) is 19.3. The van der Waals surface area contributed by atoms with Gasteiger partial charge in [0.25, 0.3) is 0 Å². The number of rotatable bonds is 8. The summed E-state index contributed by atoms with van der Waals surface area (Å²) in [5.41, 5.74) is 18.5. The van der Waals surface area contributed by atoms with Crippen LogP contribution in [0.3, 0.4) is 0 Å². The van der Waals surface area contributed by atoms with Crippen LogP contribution in [0.2, 0.25) is 0 Å². The van der Waals surface area contributed by atoms with Gasteiger partial charge in [-0.15, -0.1) is 0 Å². The number of hydrogen-bond acceptors (Lipinski definition) is 1. The zero-order valence-electron chi connectivity index (χ0n) is 26.0. The lowest BCUT2D eigenvalue weighted by Crippen LogP contribution is -2.57. The number of H-pyrrole nitrogens is 1. The lowest BCUT2D eigenvalue weighted by molar-refractivity contribution is 0.0739. The van der Waals surface area contributed by atoms with Crippen LogP contribution < -0.4 is 10.7 Å². The van der Waals surface area contributed by atoms with Gasteiger partial charge >= 0.3 is 0 Å². The Labute approximate surface area is 240 Å². The van der Waals surface area contributed by atoms with Crippen molar-refractivity contribution in [2.24, 2.45) is 5.92 Å². The molecule has 40 heavy (non-hydrogen) atoms. The summed E-state index contributed by atoms with van der Waals surface area (Å²) in [6, 6.07) is 0.260. The van der Waals surface area contributed by atoms with Crippen molar-refractivity contribution in [1.82, 2.24) is 14.5 Å². The number of fused-ring (bicyclic) bond motifs is 2. The van der Waals surface area contributed by atoms with Gasteiger partial charge in [-0.05, 0) is 115 Å². The van der Waals surface area contributed by atoms with Gasteiger partial charge < -0.3 is 14.5 Å². The van der Waals surface area contributed by atoms with Crippen molar-refractivity contribution in [2.75, 3.05) is 0 Å². The van der Waals surface area contributed by atoms with Crippen LogP contribution in [0.4, 0.5) is 0 Å². The minimum absolute atomic E-state index is 0.230. The van der Waals surface area contributed by atoms with E-state index in [1.807, 2.05) is 0 Å². The molecule has 0 amide bonds. The molecule has 3 atom stereocenters. The minimum atomic E-state index is -0.230. The number of allylic oxidation sites excluding steroid dienone is 1. The summed E-state index contributed by atoms with van der Waals surface area (Å²) < 4.78 is 2.84. The number of aromatic nitrogens is 2. The van der Waals surface area contributed by atoms with E-state index in [1.54, 1.807) is 39.0 Å². The first-order chi connectivity index (χ1) is 19.5. The maximum absolute atomic E-state index is 4.01. The normalized spacial score (nSPS) is 27.1. The lowest BCUT2D eigenvalue weighted by Gasteiger charge is -2.51. The van der Waals surface area contributed by atoms with Crippen molar-refractivity contribution >= 4 is 24.3 Å². The Hall–Kier alpha value is -2.94. The van der Waals surface area contributed by atoms with Crippen molar-refractivity contribution < 1.29 is 0 Å². The van der Waals surface area contributed by atoms with Gasteiger partial charge in [-0.2, -0.15) is 0 Å². The number of aromatic amines is 1. The molecule has 0 aromatic carbocycles. The van der Waals surface area contributed by atoms with Crippen molar-refractivity contribution in [3.63, 3.8) is 0 Å². The van der Waals surface area contributed by atoms with E-state index in [1.165, 1.54) is 38.9 Å². The van der Waals surface area contributed by atoms with Gasteiger partial charge in [0.1, 0.15) is 0 Å². The second kappa shape index (κ2) is 9.03. The third-order valence-corrected chi connectivity index (χ3v) is 11.1. The highest BCUT2D eigenvalue weighted by Crippen LogP contribution is 2.65. The van der Waals surface area contributed by atoms with Gasteiger partial charge in [0.15, 0.2) is 5.66 Å². The highest BCUT2D eigenvalue weighted by molar-refractivity contribution is 5.82. The predicted molar refractivity (Wildman–Crippen MR) is 169 cm³/mol. The Bertz CT molecular complexity index is 1690. The second-order valence-corrected chi connectivity index (χ2v) is 12.2. The van der Waals surface area contributed by atoms with E-state index in [9.17, 15) is 0 Å². The molecule has 0 saturated carbocycles. The van der Waals surface area contributed by atoms with Crippen molar-refractivity contribution in [3.8, 4) is 0 Å². The molecule has 0 fully saturated rings. The molecule has 1 spiro atoms. The molecule has 3 heteroatoms. The molecular formula is C37H47N3. The Morgan fingerprint density at radius 2 is 1.20 bits per heavy atom. The molecule has 2 aromatic heterocycles. The van der Waals surface area contributed by atoms with E-state index in [0.29, 0.717) is 5.92 Å². The lowest BCUT2D eigenvalue weighted by atomic mass is 9.82. The molecule has 3 unspecified atom stereocenters. The van der Waals surface area contributed by atoms with Gasteiger partial charge in [0, 0.05) is 39.3 Å². The molecule has 7 rings (SSSR count). The highest BCUT2D eigenvalue weighted by Gasteiger charge is 2.63. The van der Waals surface area contributed by atoms with Crippen LogP contribution in [0.1, 0.15) is 115 Å². The summed E-state index contributed by atoms with van der Waals surface area (Å²) in [5.74, 6) is 0.300. The maximum Gasteiger partial charge on any atom is 0.155 e. The third kappa shape index (κ3) is 2.78. The largest absolute Gasteiger partial charge is 0.355 e. The first kappa shape index (κ1) is 26.0. The van der Waals surface area contributed by atoms with E-state index in [2.05, 4.69) is 94.1 Å². The van der Waals surface area contributed by atoms with Crippen LogP contribution >= 0.6 is 0 Å². The van der Waals surface area contributed by atoms with E-state index < -0.39 is 0 Å². The Balaban J connectivity index is 1.71. The molecule has 4 aliphatic heterocycles. The molecule has 6 heterocycles. The molecule has 0 saturated heterocycles. The van der Waals surface area contributed by atoms with E-state index >= 15 is 0 Å². The first-order valence-electron chi connectivity index (χ1n) is 16.4. The molecule has 2 aromatic rings. The Morgan fingerprint density at radius 3 is 1.75 bits per heavy atom. The zero-order valence-corrected chi connectivity index (χ0v) is 26.0. The van der Waals surface area contributed by atoms with Crippen LogP contribution in [-0.4, -0.2) is 20.5 Å². The van der Waals surface area contributed by atoms with Gasteiger partial charge in [0.05, 0.1) is 6.04 Å². The van der Waals surface area contributed by atoms with E-state index in [-0.39, 0.29) is 11.7 Å². The summed E-state index contributed by atoms with van der Waals surface area (Å²) in [6.45, 7) is 19.0. The van der Waals surface area contributed by atoms with E-state index in [4.69, 9.17) is 0 Å². The fourth-order valence-electron chi connectivity index (χ4n) is 9.73. The average Bonchev–Trinajstić information content (AvgIpc) is 3.72. The topological polar surface area (TPSA) is 24.0 Å². The monoisotopic (exact) mass is 533 g/mol. The minimum Gasteiger partial charge on any atom is -0.355 e. The van der Waals surface area contributed by atoms with E-state index in [0.717, 1.165) is 51.4 Å². The zero-order chi connectivity index (χ0) is 28.1. The maximum atomic E-state index is 4.01. The predicted octanol–water partition coefficient (Wildman–Crippen LogP) is 7.29.